The topological polar surface area (TPSA) is 144 Å². The molecule has 3 heterocycles. The number of nitrogens with two attached hydrogens (primary N) is 1. The molecule has 0 spiro atoms. The minimum absolute atomic E-state index is 0.193. The molecule has 0 radical (unpaired) electrons. The Balaban J connectivity index is 1.25. The zero-order valence-electron chi connectivity index (χ0n) is 20.8. The Hall–Kier alpha value is -4.51. The molecule has 3 aromatic heterocycles. The fourth-order valence-corrected chi connectivity index (χ4v) is 4.77. The van der Waals surface area contributed by atoms with Gasteiger partial charge in [-0.1, -0.05) is 36.4 Å². The second-order valence-corrected chi connectivity index (χ2v) is 9.84. The standard InChI is InChI=1S/C27H28N8O2S/c1-35-24(28)20(13-32-35)26(36)30-11-5-4-8-21(34-27(37)23-15-29-16-38-23)25-31-14-22(33-25)19-10-9-17-6-2-3-7-18(17)12-19/h2-3,6-7,9-10,12-16,21H,4-5,8,11,28H2,1H3,(H,30,36)(H,31,33)(H,34,37)/t21-/m0/s1. The predicted octanol–water partition coefficient (Wildman–Crippen LogP) is 4.07. The number of hydrogen-bond acceptors (Lipinski definition) is 7. The van der Waals surface area contributed by atoms with Crippen LogP contribution in [0.4, 0.5) is 5.82 Å². The Labute approximate surface area is 223 Å². The molecule has 5 aromatic rings. The number of carbonyl (C=O) groups excluding carboxylic acids is 2. The van der Waals surface area contributed by atoms with Gasteiger partial charge in [0.05, 0.1) is 35.8 Å². The lowest BCUT2D eigenvalue weighted by molar-refractivity contribution is 0.0935. The third-order valence-electron chi connectivity index (χ3n) is 6.38. The minimum atomic E-state index is -0.330. The molecular weight excluding hydrogens is 500 g/mol. The number of amides is 2. The van der Waals surface area contributed by atoms with Crippen molar-refractivity contribution in [3.05, 3.63) is 82.8 Å². The Morgan fingerprint density at radius 2 is 1.92 bits per heavy atom. The van der Waals surface area contributed by atoms with Crippen LogP contribution in [0.2, 0.25) is 0 Å². The smallest absolute Gasteiger partial charge is 0.263 e. The predicted molar refractivity (Wildman–Crippen MR) is 148 cm³/mol. The van der Waals surface area contributed by atoms with Gasteiger partial charge in [-0.25, -0.2) is 4.98 Å². The number of aromatic amines is 1. The molecular formula is C27H28N8O2S. The number of anilines is 1. The second kappa shape index (κ2) is 11.3. The lowest BCUT2D eigenvalue weighted by Gasteiger charge is -2.16. The highest BCUT2D eigenvalue weighted by Gasteiger charge is 2.20. The monoisotopic (exact) mass is 528 g/mol. The molecule has 0 aliphatic heterocycles. The van der Waals surface area contributed by atoms with Crippen molar-refractivity contribution in [1.82, 2.24) is 35.4 Å². The van der Waals surface area contributed by atoms with Gasteiger partial charge in [-0.2, -0.15) is 5.10 Å². The highest BCUT2D eigenvalue weighted by atomic mass is 32.1. The fourth-order valence-electron chi connectivity index (χ4n) is 4.24. The number of H-pyrrole nitrogens is 1. The van der Waals surface area contributed by atoms with Gasteiger partial charge in [0, 0.05) is 19.2 Å². The number of nitrogens with one attached hydrogen (secondary N) is 3. The SMILES string of the molecule is Cn1ncc(C(=O)NCCCC[C@H](NC(=O)c2cncs2)c2ncc(-c3ccc4ccccc4c3)[nH]2)c1N. The summed E-state index contributed by atoms with van der Waals surface area (Å²) in [7, 11) is 1.69. The van der Waals surface area contributed by atoms with Gasteiger partial charge < -0.3 is 21.4 Å². The summed E-state index contributed by atoms with van der Waals surface area (Å²) in [5.74, 6) is 0.560. The number of aryl methyl sites for hydroxylation is 1. The van der Waals surface area contributed by atoms with E-state index in [9.17, 15) is 9.59 Å². The summed E-state index contributed by atoms with van der Waals surface area (Å²) in [4.78, 5) is 37.8. The van der Waals surface area contributed by atoms with Crippen LogP contribution in [0.15, 0.2) is 66.6 Å². The number of aromatic nitrogens is 5. The van der Waals surface area contributed by atoms with Crippen molar-refractivity contribution < 1.29 is 9.59 Å². The van der Waals surface area contributed by atoms with Gasteiger partial charge in [0.1, 0.15) is 22.1 Å². The second-order valence-electron chi connectivity index (χ2n) is 8.95. The minimum Gasteiger partial charge on any atom is -0.383 e. The molecule has 2 aromatic carbocycles. The van der Waals surface area contributed by atoms with Crippen molar-refractivity contribution in [3.8, 4) is 11.3 Å². The van der Waals surface area contributed by atoms with Crippen molar-refractivity contribution in [2.45, 2.75) is 25.3 Å². The van der Waals surface area contributed by atoms with E-state index in [-0.39, 0.29) is 17.9 Å². The zero-order chi connectivity index (χ0) is 26.5. The highest BCUT2D eigenvalue weighted by molar-refractivity contribution is 7.11. The maximum Gasteiger partial charge on any atom is 0.263 e. The average Bonchev–Trinajstić information content (AvgIpc) is 3.70. The molecule has 5 rings (SSSR count). The average molecular weight is 529 g/mol. The third-order valence-corrected chi connectivity index (χ3v) is 7.15. The molecule has 194 valence electrons. The fraction of sp³-hybridized carbons (Fsp3) is 0.222. The van der Waals surface area contributed by atoms with Gasteiger partial charge in [-0.05, 0) is 36.1 Å². The van der Waals surface area contributed by atoms with Crippen molar-refractivity contribution >= 4 is 39.7 Å². The van der Waals surface area contributed by atoms with Gasteiger partial charge in [-0.3, -0.25) is 19.3 Å². The summed E-state index contributed by atoms with van der Waals surface area (Å²) in [6.45, 7) is 0.475. The molecule has 0 aliphatic rings. The van der Waals surface area contributed by atoms with Crippen LogP contribution in [0.3, 0.4) is 0 Å². The summed E-state index contributed by atoms with van der Waals surface area (Å²) in [5.41, 5.74) is 9.77. The number of fused-ring (bicyclic) bond motifs is 1. The van der Waals surface area contributed by atoms with Gasteiger partial charge >= 0.3 is 0 Å². The van der Waals surface area contributed by atoms with E-state index in [1.165, 1.54) is 27.6 Å². The lowest BCUT2D eigenvalue weighted by Crippen LogP contribution is -2.29. The van der Waals surface area contributed by atoms with Gasteiger partial charge in [-0.15, -0.1) is 11.3 Å². The molecule has 5 N–H and O–H groups in total. The number of carbonyl (C=O) groups is 2. The van der Waals surface area contributed by atoms with Crippen molar-refractivity contribution in [1.29, 1.82) is 0 Å². The van der Waals surface area contributed by atoms with E-state index < -0.39 is 0 Å². The number of imidazole rings is 1. The summed E-state index contributed by atoms with van der Waals surface area (Å²) >= 11 is 1.29. The number of nitrogens with zero attached hydrogens (tertiary/aromatic N) is 4. The molecule has 11 heteroatoms. The molecule has 0 unspecified atom stereocenters. The first kappa shape index (κ1) is 25.2. The molecule has 1 atom stereocenters. The first-order valence-electron chi connectivity index (χ1n) is 12.3. The molecule has 0 saturated heterocycles. The van der Waals surface area contributed by atoms with Crippen LogP contribution in [0.1, 0.15) is 51.2 Å². The number of rotatable bonds is 10. The summed E-state index contributed by atoms with van der Waals surface area (Å²) in [6.07, 6.45) is 6.92. The zero-order valence-corrected chi connectivity index (χ0v) is 21.7. The molecule has 0 fully saturated rings. The third kappa shape index (κ3) is 5.57. The Bertz CT molecular complexity index is 1560. The Kier molecular flexibility index (Phi) is 7.45. The number of hydrogen-bond donors (Lipinski definition) is 4. The number of unbranched alkanes of at least 4 members (excludes halogenated alkanes) is 1. The van der Waals surface area contributed by atoms with Crippen molar-refractivity contribution in [2.75, 3.05) is 12.3 Å². The van der Waals surface area contributed by atoms with E-state index in [4.69, 9.17) is 5.73 Å². The quantitative estimate of drug-likeness (QED) is 0.201. The maximum atomic E-state index is 12.8. The van der Waals surface area contributed by atoms with Gasteiger partial charge in [0.15, 0.2) is 0 Å². The number of thiazole rings is 1. The molecule has 0 aliphatic carbocycles. The van der Waals surface area contributed by atoms with Crippen LogP contribution in [0, 0.1) is 0 Å². The summed E-state index contributed by atoms with van der Waals surface area (Å²) in [6, 6.07) is 14.1. The molecule has 2 amide bonds. The number of benzene rings is 2. The van der Waals surface area contributed by atoms with E-state index >= 15 is 0 Å². The van der Waals surface area contributed by atoms with Gasteiger partial charge in [0.25, 0.3) is 11.8 Å². The summed E-state index contributed by atoms with van der Waals surface area (Å²) in [5, 5.41) is 12.3. The molecule has 0 bridgehead atoms. The highest BCUT2D eigenvalue weighted by Crippen LogP contribution is 2.26. The molecule has 38 heavy (non-hydrogen) atoms. The van der Waals surface area contributed by atoms with Gasteiger partial charge in [0.2, 0.25) is 0 Å². The Morgan fingerprint density at radius 3 is 2.68 bits per heavy atom. The Morgan fingerprint density at radius 1 is 1.08 bits per heavy atom. The summed E-state index contributed by atoms with van der Waals surface area (Å²) < 4.78 is 1.46. The lowest BCUT2D eigenvalue weighted by atomic mass is 10.1. The largest absolute Gasteiger partial charge is 0.383 e. The van der Waals surface area contributed by atoms with Crippen LogP contribution in [0.5, 0.6) is 0 Å². The van der Waals surface area contributed by atoms with E-state index in [0.29, 0.717) is 35.0 Å². The normalized spacial score (nSPS) is 11.9. The molecule has 10 nitrogen and oxygen atoms in total. The number of nitrogen functional groups attached to an aromatic ring is 1. The van der Waals surface area contributed by atoms with Crippen LogP contribution in [0.25, 0.3) is 22.0 Å². The first-order valence-corrected chi connectivity index (χ1v) is 13.2. The van der Waals surface area contributed by atoms with E-state index in [1.54, 1.807) is 25.0 Å². The maximum absolute atomic E-state index is 12.8. The van der Waals surface area contributed by atoms with Crippen LogP contribution in [-0.4, -0.2) is 43.1 Å². The van der Waals surface area contributed by atoms with Crippen molar-refractivity contribution in [3.63, 3.8) is 0 Å². The molecule has 0 saturated carbocycles. The van der Waals surface area contributed by atoms with E-state index in [2.05, 4.69) is 61.0 Å². The van der Waals surface area contributed by atoms with Crippen LogP contribution >= 0.6 is 11.3 Å². The van der Waals surface area contributed by atoms with E-state index in [0.717, 1.165) is 29.5 Å². The van der Waals surface area contributed by atoms with Crippen LogP contribution < -0.4 is 16.4 Å². The first-order chi connectivity index (χ1) is 18.5. The van der Waals surface area contributed by atoms with E-state index in [1.807, 2.05) is 12.1 Å². The van der Waals surface area contributed by atoms with Crippen LogP contribution in [-0.2, 0) is 7.05 Å². The van der Waals surface area contributed by atoms with Crippen molar-refractivity contribution in [2.24, 2.45) is 7.05 Å².